The number of nitrogens with zero attached hydrogens (tertiary/aromatic N) is 3. The highest BCUT2D eigenvalue weighted by Crippen LogP contribution is 2.19. The molecule has 0 spiro atoms. The Balaban J connectivity index is 1.90. The summed E-state index contributed by atoms with van der Waals surface area (Å²) in [5, 5.41) is 0. The highest BCUT2D eigenvalue weighted by atomic mass is 16.5. The Kier molecular flexibility index (Phi) is 6.73. The van der Waals surface area contributed by atoms with Crippen LogP contribution in [-0.4, -0.2) is 58.7 Å². The van der Waals surface area contributed by atoms with E-state index >= 15 is 0 Å². The number of nitrogen functional groups attached to an aromatic ring is 1. The SMILES string of the molecule is CCN(C(=O)CN1C[C@@H](C)O[C@@H](C)C1)c1c(N)n(Cc2ccccc2)c(=O)[nH]c1=O. The van der Waals surface area contributed by atoms with E-state index in [-0.39, 0.29) is 49.3 Å². The summed E-state index contributed by atoms with van der Waals surface area (Å²) in [5.74, 6) is -0.271. The van der Waals surface area contributed by atoms with Crippen LogP contribution in [0, 0.1) is 0 Å². The first-order chi connectivity index (χ1) is 14.3. The van der Waals surface area contributed by atoms with E-state index in [0.29, 0.717) is 13.1 Å². The van der Waals surface area contributed by atoms with Crippen LogP contribution < -0.4 is 21.9 Å². The number of H-pyrrole nitrogens is 1. The number of nitrogens with one attached hydrogen (secondary N) is 1. The van der Waals surface area contributed by atoms with Gasteiger partial charge in [0.2, 0.25) is 5.91 Å². The van der Waals surface area contributed by atoms with Gasteiger partial charge >= 0.3 is 5.69 Å². The second-order valence-corrected chi connectivity index (χ2v) is 7.65. The summed E-state index contributed by atoms with van der Waals surface area (Å²) in [6.07, 6.45) is 0.0516. The van der Waals surface area contributed by atoms with Crippen molar-refractivity contribution in [2.45, 2.75) is 39.5 Å². The maximum Gasteiger partial charge on any atom is 0.330 e. The molecule has 1 aliphatic heterocycles. The summed E-state index contributed by atoms with van der Waals surface area (Å²) >= 11 is 0. The lowest BCUT2D eigenvalue weighted by Gasteiger charge is -2.35. The van der Waals surface area contributed by atoms with E-state index in [1.165, 1.54) is 9.47 Å². The Bertz CT molecular complexity index is 991. The standard InChI is InChI=1S/C21H29N5O4/c1-4-25(17(27)13-24-10-14(2)30-15(3)11-24)18-19(22)26(21(29)23-20(18)28)12-16-8-6-5-7-9-16/h5-9,14-15H,4,10-13,22H2,1-3H3,(H,23,28,29)/t14-,15+. The predicted molar refractivity (Wildman–Crippen MR) is 116 cm³/mol. The first-order valence-electron chi connectivity index (χ1n) is 10.1. The van der Waals surface area contributed by atoms with Crippen LogP contribution in [0.3, 0.4) is 0 Å². The van der Waals surface area contributed by atoms with Gasteiger partial charge in [-0.15, -0.1) is 0 Å². The van der Waals surface area contributed by atoms with Crippen LogP contribution in [0.2, 0.25) is 0 Å². The zero-order valence-electron chi connectivity index (χ0n) is 17.6. The summed E-state index contributed by atoms with van der Waals surface area (Å²) in [5.41, 5.74) is 5.83. The minimum absolute atomic E-state index is 0.00684. The number of carbonyl (C=O) groups excluding carboxylic acids is 1. The topological polar surface area (TPSA) is 114 Å². The zero-order valence-corrected chi connectivity index (χ0v) is 17.6. The van der Waals surface area contributed by atoms with Gasteiger partial charge in [0.05, 0.1) is 25.3 Å². The molecule has 1 aromatic carbocycles. The molecule has 2 heterocycles. The van der Waals surface area contributed by atoms with Crippen molar-refractivity contribution >= 4 is 17.4 Å². The van der Waals surface area contributed by atoms with Crippen LogP contribution in [-0.2, 0) is 16.1 Å². The van der Waals surface area contributed by atoms with E-state index in [1.54, 1.807) is 6.92 Å². The van der Waals surface area contributed by atoms with Crippen molar-refractivity contribution in [3.63, 3.8) is 0 Å². The molecule has 1 aromatic heterocycles. The van der Waals surface area contributed by atoms with Crippen molar-refractivity contribution in [1.82, 2.24) is 14.5 Å². The van der Waals surface area contributed by atoms with Gasteiger partial charge in [0.25, 0.3) is 5.56 Å². The number of anilines is 2. The molecule has 0 bridgehead atoms. The Labute approximate surface area is 175 Å². The van der Waals surface area contributed by atoms with E-state index < -0.39 is 11.2 Å². The van der Waals surface area contributed by atoms with E-state index in [1.807, 2.05) is 49.1 Å². The van der Waals surface area contributed by atoms with Gasteiger partial charge in [-0.25, -0.2) is 4.79 Å². The number of benzene rings is 1. The monoisotopic (exact) mass is 415 g/mol. The number of hydrogen-bond acceptors (Lipinski definition) is 6. The smallest absolute Gasteiger partial charge is 0.330 e. The fourth-order valence-corrected chi connectivity index (χ4v) is 3.91. The summed E-state index contributed by atoms with van der Waals surface area (Å²) in [7, 11) is 0. The predicted octanol–water partition coefficient (Wildman–Crippen LogP) is 0.629. The Hall–Kier alpha value is -2.91. The van der Waals surface area contributed by atoms with Gasteiger partial charge in [0, 0.05) is 19.6 Å². The molecule has 3 rings (SSSR count). The molecule has 1 aliphatic rings. The van der Waals surface area contributed by atoms with Gasteiger partial charge in [-0.2, -0.15) is 0 Å². The molecule has 2 atom stereocenters. The molecule has 0 unspecified atom stereocenters. The first kappa shape index (κ1) is 21.8. The summed E-state index contributed by atoms with van der Waals surface area (Å²) in [4.78, 5) is 43.7. The van der Waals surface area contributed by atoms with Crippen molar-refractivity contribution in [2.24, 2.45) is 0 Å². The van der Waals surface area contributed by atoms with Gasteiger partial charge in [0.1, 0.15) is 5.82 Å². The molecule has 0 radical (unpaired) electrons. The molecule has 1 amide bonds. The van der Waals surface area contributed by atoms with Crippen LogP contribution in [0.25, 0.3) is 0 Å². The lowest BCUT2D eigenvalue weighted by molar-refractivity contribution is -0.123. The maximum absolute atomic E-state index is 13.1. The summed E-state index contributed by atoms with van der Waals surface area (Å²) in [6.45, 7) is 7.56. The lowest BCUT2D eigenvalue weighted by atomic mass is 10.2. The maximum atomic E-state index is 13.1. The van der Waals surface area contributed by atoms with E-state index in [0.717, 1.165) is 5.56 Å². The van der Waals surface area contributed by atoms with Crippen LogP contribution in [0.5, 0.6) is 0 Å². The number of rotatable bonds is 6. The quantitative estimate of drug-likeness (QED) is 0.715. The number of amides is 1. The summed E-state index contributed by atoms with van der Waals surface area (Å²) in [6, 6.07) is 9.31. The molecule has 3 N–H and O–H groups in total. The molecule has 1 saturated heterocycles. The molecule has 0 saturated carbocycles. The van der Waals surface area contributed by atoms with Crippen LogP contribution >= 0.6 is 0 Å². The second-order valence-electron chi connectivity index (χ2n) is 7.65. The minimum Gasteiger partial charge on any atom is -0.383 e. The molecule has 9 nitrogen and oxygen atoms in total. The number of ether oxygens (including phenoxy) is 1. The van der Waals surface area contributed by atoms with Gasteiger partial charge in [-0.1, -0.05) is 30.3 Å². The molecule has 30 heavy (non-hydrogen) atoms. The number of aromatic amines is 1. The molecule has 9 heteroatoms. The highest BCUT2D eigenvalue weighted by Gasteiger charge is 2.28. The Morgan fingerprint density at radius 1 is 1.20 bits per heavy atom. The Morgan fingerprint density at radius 2 is 1.83 bits per heavy atom. The number of nitrogens with two attached hydrogens (primary N) is 1. The molecular formula is C21H29N5O4. The van der Waals surface area contributed by atoms with Crippen molar-refractivity contribution in [2.75, 3.05) is 36.8 Å². The number of aromatic nitrogens is 2. The van der Waals surface area contributed by atoms with Crippen molar-refractivity contribution in [3.8, 4) is 0 Å². The highest BCUT2D eigenvalue weighted by molar-refractivity contribution is 5.96. The van der Waals surface area contributed by atoms with Gasteiger partial charge in [-0.3, -0.25) is 24.0 Å². The normalized spacial score (nSPS) is 19.6. The number of carbonyl (C=O) groups is 1. The molecule has 2 aromatic rings. The minimum atomic E-state index is -0.666. The van der Waals surface area contributed by atoms with E-state index in [2.05, 4.69) is 4.98 Å². The van der Waals surface area contributed by atoms with Crippen LogP contribution in [0.4, 0.5) is 11.5 Å². The molecule has 162 valence electrons. The summed E-state index contributed by atoms with van der Waals surface area (Å²) < 4.78 is 6.99. The molecule has 0 aliphatic carbocycles. The second kappa shape index (κ2) is 9.27. The van der Waals surface area contributed by atoms with E-state index in [4.69, 9.17) is 10.5 Å². The lowest BCUT2D eigenvalue weighted by Crippen LogP contribution is -2.51. The number of morpholine rings is 1. The molecule has 1 fully saturated rings. The number of hydrogen-bond donors (Lipinski definition) is 2. The third-order valence-electron chi connectivity index (χ3n) is 5.14. The van der Waals surface area contributed by atoms with Crippen molar-refractivity contribution < 1.29 is 9.53 Å². The first-order valence-corrected chi connectivity index (χ1v) is 10.1. The van der Waals surface area contributed by atoms with Crippen molar-refractivity contribution in [3.05, 3.63) is 56.7 Å². The fraction of sp³-hybridized carbons (Fsp3) is 0.476. The van der Waals surface area contributed by atoms with Crippen molar-refractivity contribution in [1.29, 1.82) is 0 Å². The van der Waals surface area contributed by atoms with Gasteiger partial charge in [0.15, 0.2) is 5.69 Å². The average Bonchev–Trinajstić information content (AvgIpc) is 2.68. The largest absolute Gasteiger partial charge is 0.383 e. The Morgan fingerprint density at radius 3 is 2.43 bits per heavy atom. The average molecular weight is 415 g/mol. The zero-order chi connectivity index (χ0) is 21.8. The fourth-order valence-electron chi connectivity index (χ4n) is 3.91. The third kappa shape index (κ3) is 4.80. The van der Waals surface area contributed by atoms with E-state index in [9.17, 15) is 14.4 Å². The van der Waals surface area contributed by atoms with Gasteiger partial charge < -0.3 is 15.4 Å². The van der Waals surface area contributed by atoms with Crippen LogP contribution in [0.15, 0.2) is 39.9 Å². The number of likely N-dealkylation sites (N-methyl/N-ethyl adjacent to an activating group) is 1. The van der Waals surface area contributed by atoms with Gasteiger partial charge in [-0.05, 0) is 26.3 Å². The third-order valence-corrected chi connectivity index (χ3v) is 5.14. The molecular weight excluding hydrogens is 386 g/mol. The van der Waals surface area contributed by atoms with Crippen LogP contribution in [0.1, 0.15) is 26.3 Å².